The number of hydrogen-bond donors (Lipinski definition) is 1. The number of ketones is 1. The number of rotatable bonds is 3. The molecule has 1 unspecified atom stereocenters. The maximum Gasteiger partial charge on any atom is 0.271 e. The zero-order valence-corrected chi connectivity index (χ0v) is 16.5. The van der Waals surface area contributed by atoms with Crippen LogP contribution >= 0.6 is 11.5 Å². The molecule has 5 nitrogen and oxygen atoms in total. The predicted octanol–water partition coefficient (Wildman–Crippen LogP) is 3.95. The normalized spacial score (nSPS) is 21.4. The van der Waals surface area contributed by atoms with E-state index < -0.39 is 5.92 Å². The fraction of sp³-hybridized carbons (Fsp3) is 0.333. The van der Waals surface area contributed by atoms with E-state index in [9.17, 15) is 9.59 Å². The summed E-state index contributed by atoms with van der Waals surface area (Å²) in [5.41, 5.74) is 3.03. The van der Waals surface area contributed by atoms with Crippen LogP contribution in [-0.4, -0.2) is 30.3 Å². The summed E-state index contributed by atoms with van der Waals surface area (Å²) in [5, 5.41) is 0.685. The van der Waals surface area contributed by atoms with Gasteiger partial charge >= 0.3 is 0 Å². The second kappa shape index (κ2) is 6.17. The Morgan fingerprint density at radius 1 is 1.18 bits per heavy atom. The summed E-state index contributed by atoms with van der Waals surface area (Å²) in [6.45, 7) is 0. The van der Waals surface area contributed by atoms with Gasteiger partial charge in [0, 0.05) is 43.5 Å². The number of carbonyl (C=O) groups excluding carboxylic acids is 1. The van der Waals surface area contributed by atoms with Crippen molar-refractivity contribution in [3.8, 4) is 0 Å². The number of halogens is 1. The Balaban J connectivity index is 1.61. The molecule has 144 valence electrons. The van der Waals surface area contributed by atoms with Gasteiger partial charge in [0.05, 0.1) is 5.92 Å². The second-order valence-electron chi connectivity index (χ2n) is 7.76. The molecular formula is C21H20FN3O2S. The summed E-state index contributed by atoms with van der Waals surface area (Å²) in [4.78, 5) is 29.2. The van der Waals surface area contributed by atoms with Gasteiger partial charge in [0.15, 0.2) is 5.78 Å². The first kappa shape index (κ1) is 17.4. The molecule has 2 aliphatic carbocycles. The minimum absolute atomic E-state index is 0.00732. The van der Waals surface area contributed by atoms with Gasteiger partial charge in [0.25, 0.3) is 5.56 Å². The van der Waals surface area contributed by atoms with Crippen molar-refractivity contribution in [2.75, 3.05) is 23.9 Å². The van der Waals surface area contributed by atoms with Gasteiger partial charge in [-0.05, 0) is 48.1 Å². The van der Waals surface area contributed by atoms with Gasteiger partial charge in [-0.1, -0.05) is 12.1 Å². The number of carbonyl (C=O) groups is 1. The third kappa shape index (κ3) is 2.57. The number of benzene rings is 1. The Bertz CT molecular complexity index is 1090. The Hall–Kier alpha value is -2.67. The highest BCUT2D eigenvalue weighted by Crippen LogP contribution is 2.49. The van der Waals surface area contributed by atoms with E-state index in [4.69, 9.17) is 0 Å². The molecule has 0 amide bonds. The lowest BCUT2D eigenvalue weighted by molar-refractivity contribution is 0.0927. The number of Topliss-reactive ketones (excluding diaryl/α,β-unsaturated/α-hetero) is 1. The summed E-state index contributed by atoms with van der Waals surface area (Å²) < 4.78 is 17.7. The smallest absolute Gasteiger partial charge is 0.271 e. The van der Waals surface area contributed by atoms with Crippen molar-refractivity contribution >= 4 is 33.6 Å². The molecule has 0 saturated heterocycles. The molecule has 0 radical (unpaired) electrons. The van der Waals surface area contributed by atoms with E-state index in [-0.39, 0.29) is 35.2 Å². The average molecular weight is 397 g/mol. The quantitative estimate of drug-likeness (QED) is 0.852. The van der Waals surface area contributed by atoms with Crippen molar-refractivity contribution < 1.29 is 9.18 Å². The lowest BCUT2D eigenvalue weighted by Crippen LogP contribution is -2.40. The van der Waals surface area contributed by atoms with Gasteiger partial charge in [-0.25, -0.2) is 4.39 Å². The molecule has 5 rings (SSSR count). The van der Waals surface area contributed by atoms with Crippen LogP contribution in [0.2, 0.25) is 0 Å². The molecule has 1 saturated carbocycles. The van der Waals surface area contributed by atoms with Crippen LogP contribution in [0.4, 0.5) is 15.1 Å². The van der Waals surface area contributed by atoms with E-state index in [0.717, 1.165) is 29.8 Å². The molecule has 7 heteroatoms. The van der Waals surface area contributed by atoms with Crippen LogP contribution in [0.5, 0.6) is 0 Å². The topological polar surface area (TPSA) is 56.4 Å². The highest BCUT2D eigenvalue weighted by molar-refractivity contribution is 7.10. The number of H-pyrrole nitrogens is 1. The first-order chi connectivity index (χ1) is 13.5. The van der Waals surface area contributed by atoms with Crippen LogP contribution in [0.1, 0.15) is 35.2 Å². The second-order valence-corrected chi connectivity index (χ2v) is 8.56. The third-order valence-electron chi connectivity index (χ3n) is 5.67. The molecule has 28 heavy (non-hydrogen) atoms. The number of allylic oxidation sites excluding steroid dienone is 4. The first-order valence-corrected chi connectivity index (χ1v) is 10.2. The van der Waals surface area contributed by atoms with Crippen LogP contribution < -0.4 is 15.4 Å². The van der Waals surface area contributed by atoms with E-state index in [2.05, 4.69) is 9.27 Å². The van der Waals surface area contributed by atoms with Gasteiger partial charge in [-0.3, -0.25) is 14.0 Å². The minimum atomic E-state index is -0.617. The molecule has 1 aromatic carbocycles. The molecule has 0 spiro atoms. The van der Waals surface area contributed by atoms with Gasteiger partial charge in [-0.2, -0.15) is 0 Å². The van der Waals surface area contributed by atoms with Crippen LogP contribution in [0.25, 0.3) is 5.57 Å². The number of aromatic nitrogens is 1. The van der Waals surface area contributed by atoms with Crippen molar-refractivity contribution in [2.24, 2.45) is 5.92 Å². The molecule has 1 N–H and O–H groups in total. The average Bonchev–Trinajstić information content (AvgIpc) is 3.44. The zero-order valence-electron chi connectivity index (χ0n) is 15.7. The number of nitrogens with one attached hydrogen (secondary N) is 1. The Morgan fingerprint density at radius 2 is 1.89 bits per heavy atom. The van der Waals surface area contributed by atoms with E-state index in [0.29, 0.717) is 10.6 Å². The molecule has 2 heterocycles. The van der Waals surface area contributed by atoms with Crippen LogP contribution in [0, 0.1) is 5.92 Å². The van der Waals surface area contributed by atoms with Crippen molar-refractivity contribution in [1.29, 1.82) is 0 Å². The van der Waals surface area contributed by atoms with Gasteiger partial charge in [-0.15, -0.1) is 0 Å². The lowest BCUT2D eigenvalue weighted by atomic mass is 9.82. The van der Waals surface area contributed by atoms with Crippen molar-refractivity contribution in [3.05, 3.63) is 63.3 Å². The van der Waals surface area contributed by atoms with E-state index in [1.54, 1.807) is 0 Å². The molecule has 1 atom stereocenters. The molecule has 1 aromatic heterocycles. The maximum absolute atomic E-state index is 15.1. The summed E-state index contributed by atoms with van der Waals surface area (Å²) in [6, 6.07) is 8.02. The number of fused-ring (bicyclic) bond motifs is 2. The molecule has 3 aliphatic rings. The summed E-state index contributed by atoms with van der Waals surface area (Å²) in [6.07, 6.45) is 3.86. The molecular weight excluding hydrogens is 377 g/mol. The minimum Gasteiger partial charge on any atom is -0.378 e. The number of anilines is 2. The summed E-state index contributed by atoms with van der Waals surface area (Å²) in [5.74, 6) is -1.18. The van der Waals surface area contributed by atoms with Crippen LogP contribution in [0.15, 0.2) is 46.7 Å². The Kier molecular flexibility index (Phi) is 3.84. The summed E-state index contributed by atoms with van der Waals surface area (Å²) in [7, 11) is 3.92. The number of hydrogen-bond acceptors (Lipinski definition) is 5. The SMILES string of the molecule is CN(C)c1ccc(C2=C(F)CC3C(=O)c4c(s[nH]c4=O)N(C4CC4)C3=C2)cc1. The first-order valence-electron chi connectivity index (χ1n) is 9.38. The Morgan fingerprint density at radius 3 is 2.54 bits per heavy atom. The highest BCUT2D eigenvalue weighted by atomic mass is 32.1. The van der Waals surface area contributed by atoms with E-state index in [1.165, 1.54) is 11.5 Å². The van der Waals surface area contributed by atoms with Crippen LogP contribution in [-0.2, 0) is 0 Å². The third-order valence-corrected chi connectivity index (χ3v) is 6.55. The van der Waals surface area contributed by atoms with E-state index in [1.807, 2.05) is 49.3 Å². The molecule has 0 bridgehead atoms. The van der Waals surface area contributed by atoms with Gasteiger partial charge < -0.3 is 9.80 Å². The monoisotopic (exact) mass is 397 g/mol. The zero-order chi connectivity index (χ0) is 19.6. The van der Waals surface area contributed by atoms with Crippen molar-refractivity contribution in [2.45, 2.75) is 25.3 Å². The van der Waals surface area contributed by atoms with Crippen LogP contribution in [0.3, 0.4) is 0 Å². The molecule has 1 aliphatic heterocycles. The number of aromatic amines is 1. The van der Waals surface area contributed by atoms with Crippen molar-refractivity contribution in [1.82, 2.24) is 4.37 Å². The maximum atomic E-state index is 15.1. The lowest BCUT2D eigenvalue weighted by Gasteiger charge is -2.37. The Labute approximate surface area is 165 Å². The predicted molar refractivity (Wildman–Crippen MR) is 110 cm³/mol. The fourth-order valence-corrected chi connectivity index (χ4v) is 4.99. The number of nitrogens with zero attached hydrogens (tertiary/aromatic N) is 2. The van der Waals surface area contributed by atoms with Gasteiger partial charge in [0.2, 0.25) is 0 Å². The van der Waals surface area contributed by atoms with Crippen molar-refractivity contribution in [3.63, 3.8) is 0 Å². The largest absolute Gasteiger partial charge is 0.378 e. The fourth-order valence-electron chi connectivity index (χ4n) is 4.05. The van der Waals surface area contributed by atoms with E-state index >= 15 is 4.39 Å². The highest BCUT2D eigenvalue weighted by Gasteiger charge is 2.46. The molecule has 1 fully saturated rings. The molecule has 2 aromatic rings. The standard InChI is InChI=1S/C21H20FN3O2S/c1-24(2)12-5-3-11(4-6-12)14-10-17-15(9-16(14)22)19(26)18-20(27)23-28-21(18)25(17)13-7-8-13/h3-6,10,13,15H,7-9H2,1-2H3,(H,23,27). The summed E-state index contributed by atoms with van der Waals surface area (Å²) >= 11 is 1.20. The van der Waals surface area contributed by atoms with Gasteiger partial charge in [0.1, 0.15) is 16.4 Å².